The lowest BCUT2D eigenvalue weighted by Crippen LogP contribution is -2.42. The second-order valence-electron chi connectivity index (χ2n) is 9.16. The topological polar surface area (TPSA) is 99.2 Å². The van der Waals surface area contributed by atoms with E-state index >= 15 is 0 Å². The molecule has 0 aromatic heterocycles. The van der Waals surface area contributed by atoms with E-state index < -0.39 is 15.9 Å². The molecule has 174 valence electrons. The average Bonchev–Trinajstić information content (AvgIpc) is 3.15. The van der Waals surface area contributed by atoms with Crippen molar-refractivity contribution in [2.75, 3.05) is 23.9 Å². The summed E-state index contributed by atoms with van der Waals surface area (Å²) in [6.45, 7) is 0.748. The number of anilines is 1. The molecule has 1 aromatic carbocycles. The van der Waals surface area contributed by atoms with E-state index in [1.165, 1.54) is 37.1 Å². The van der Waals surface area contributed by atoms with Gasteiger partial charge in [-0.25, -0.2) is 13.4 Å². The zero-order valence-electron chi connectivity index (χ0n) is 18.6. The van der Waals surface area contributed by atoms with Crippen molar-refractivity contribution in [3.05, 3.63) is 29.8 Å². The number of carbonyl (C=O) groups excluding carboxylic acids is 2. The molecule has 1 N–H and O–H groups in total. The molecule has 4 rings (SSSR count). The van der Waals surface area contributed by atoms with Gasteiger partial charge >= 0.3 is 0 Å². The lowest BCUT2D eigenvalue weighted by Gasteiger charge is -2.31. The fourth-order valence-electron chi connectivity index (χ4n) is 4.88. The van der Waals surface area contributed by atoms with Crippen LogP contribution in [0.4, 0.5) is 5.69 Å². The van der Waals surface area contributed by atoms with Crippen LogP contribution < -0.4 is 5.32 Å². The van der Waals surface area contributed by atoms with Gasteiger partial charge < -0.3 is 5.32 Å². The van der Waals surface area contributed by atoms with Crippen molar-refractivity contribution in [2.45, 2.75) is 70.0 Å². The van der Waals surface area contributed by atoms with Crippen LogP contribution in [0.2, 0.25) is 0 Å². The summed E-state index contributed by atoms with van der Waals surface area (Å²) in [6, 6.07) is 7.86. The molecule has 2 aliphatic heterocycles. The number of para-hydroxylation sites is 1. The van der Waals surface area contributed by atoms with Gasteiger partial charge in [0.15, 0.2) is 9.84 Å². The first-order chi connectivity index (χ1) is 15.3. The quantitative estimate of drug-likeness (QED) is 0.703. The van der Waals surface area contributed by atoms with Crippen molar-refractivity contribution in [1.29, 1.82) is 0 Å². The molecule has 1 saturated heterocycles. The summed E-state index contributed by atoms with van der Waals surface area (Å²) in [5.74, 6) is -0.595. The molecule has 1 unspecified atom stereocenters. The van der Waals surface area contributed by atoms with Gasteiger partial charge in [0.05, 0.1) is 17.5 Å². The van der Waals surface area contributed by atoms with Crippen molar-refractivity contribution in [2.24, 2.45) is 5.10 Å². The Morgan fingerprint density at radius 3 is 2.62 bits per heavy atom. The highest BCUT2D eigenvalue weighted by Gasteiger charge is 2.37. The summed E-state index contributed by atoms with van der Waals surface area (Å²) in [6.07, 6.45) is 7.05. The van der Waals surface area contributed by atoms with E-state index in [0.29, 0.717) is 12.5 Å². The Kier molecular flexibility index (Phi) is 6.95. The second kappa shape index (κ2) is 9.70. The van der Waals surface area contributed by atoms with Gasteiger partial charge in [0.1, 0.15) is 5.71 Å². The van der Waals surface area contributed by atoms with Gasteiger partial charge in [0, 0.05) is 31.1 Å². The molecule has 2 amide bonds. The first kappa shape index (κ1) is 22.9. The normalized spacial score (nSPS) is 23.9. The Hall–Kier alpha value is -2.26. The Bertz CT molecular complexity index is 1000. The van der Waals surface area contributed by atoms with Gasteiger partial charge in [-0.3, -0.25) is 14.5 Å². The van der Waals surface area contributed by atoms with Crippen LogP contribution in [0.5, 0.6) is 0 Å². The number of sulfone groups is 1. The second-order valence-corrected chi connectivity index (χ2v) is 11.4. The number of rotatable bonds is 6. The van der Waals surface area contributed by atoms with E-state index in [-0.39, 0.29) is 41.9 Å². The molecule has 0 radical (unpaired) electrons. The molecule has 2 fully saturated rings. The predicted octanol–water partition coefficient (Wildman–Crippen LogP) is 2.56. The number of nitrogens with zero attached hydrogens (tertiary/aromatic N) is 3. The Balaban J connectivity index is 1.45. The molecule has 0 spiro atoms. The fraction of sp³-hybridized carbons (Fsp3) is 0.609. The highest BCUT2D eigenvalue weighted by molar-refractivity contribution is 7.91. The van der Waals surface area contributed by atoms with Gasteiger partial charge in [-0.1, -0.05) is 37.5 Å². The third-order valence-electron chi connectivity index (χ3n) is 6.76. The van der Waals surface area contributed by atoms with Crippen LogP contribution in [-0.2, 0) is 26.0 Å². The van der Waals surface area contributed by atoms with Crippen molar-refractivity contribution >= 4 is 33.1 Å². The molecule has 1 aliphatic carbocycles. The van der Waals surface area contributed by atoms with Crippen LogP contribution >= 0.6 is 0 Å². The minimum Gasteiger partial charge on any atom is -0.321 e. The number of amides is 2. The van der Waals surface area contributed by atoms with E-state index in [1.807, 2.05) is 24.3 Å². The fourth-order valence-corrected chi connectivity index (χ4v) is 6.57. The Morgan fingerprint density at radius 2 is 1.91 bits per heavy atom. The van der Waals surface area contributed by atoms with E-state index in [2.05, 4.69) is 22.4 Å². The van der Waals surface area contributed by atoms with Crippen LogP contribution in [0, 0.1) is 0 Å². The Labute approximate surface area is 190 Å². The van der Waals surface area contributed by atoms with Gasteiger partial charge in [-0.2, -0.15) is 5.10 Å². The summed E-state index contributed by atoms with van der Waals surface area (Å²) >= 11 is 0. The summed E-state index contributed by atoms with van der Waals surface area (Å²) in [4.78, 5) is 27.7. The van der Waals surface area contributed by atoms with Crippen molar-refractivity contribution in [1.82, 2.24) is 9.91 Å². The lowest BCUT2D eigenvalue weighted by molar-refractivity contribution is -0.133. The molecule has 3 aliphatic rings. The van der Waals surface area contributed by atoms with Gasteiger partial charge in [-0.05, 0) is 37.9 Å². The molecule has 1 atom stereocenters. The predicted molar refractivity (Wildman–Crippen MR) is 124 cm³/mol. The summed E-state index contributed by atoms with van der Waals surface area (Å²) in [7, 11) is -1.01. The Morgan fingerprint density at radius 1 is 1.16 bits per heavy atom. The minimum atomic E-state index is -3.15. The maximum absolute atomic E-state index is 13.0. The maximum Gasteiger partial charge on any atom is 0.271 e. The summed E-state index contributed by atoms with van der Waals surface area (Å²) in [5, 5.41) is 8.49. The smallest absolute Gasteiger partial charge is 0.271 e. The molecular formula is C23H32N4O4S. The van der Waals surface area contributed by atoms with Crippen molar-refractivity contribution in [3.8, 4) is 0 Å². The highest BCUT2D eigenvalue weighted by Crippen LogP contribution is 2.26. The molecule has 1 saturated carbocycles. The highest BCUT2D eigenvalue weighted by atomic mass is 32.2. The molecule has 2 heterocycles. The van der Waals surface area contributed by atoms with E-state index in [4.69, 9.17) is 0 Å². The summed E-state index contributed by atoms with van der Waals surface area (Å²) < 4.78 is 23.6. The zero-order valence-corrected chi connectivity index (χ0v) is 19.4. The van der Waals surface area contributed by atoms with Crippen molar-refractivity contribution < 1.29 is 18.0 Å². The lowest BCUT2D eigenvalue weighted by atomic mass is 9.94. The molecule has 0 bridgehead atoms. The third kappa shape index (κ3) is 5.38. The van der Waals surface area contributed by atoms with Gasteiger partial charge in [0.25, 0.3) is 5.91 Å². The van der Waals surface area contributed by atoms with E-state index in [1.54, 1.807) is 0 Å². The van der Waals surface area contributed by atoms with Crippen LogP contribution in [0.3, 0.4) is 0 Å². The van der Waals surface area contributed by atoms with Gasteiger partial charge in [-0.15, -0.1) is 0 Å². The zero-order chi connectivity index (χ0) is 22.7. The van der Waals surface area contributed by atoms with Crippen LogP contribution in [0.1, 0.15) is 56.9 Å². The molecule has 1 aromatic rings. The molecule has 9 heteroatoms. The van der Waals surface area contributed by atoms with E-state index in [9.17, 15) is 18.0 Å². The van der Waals surface area contributed by atoms with Crippen LogP contribution in [0.15, 0.2) is 29.4 Å². The summed E-state index contributed by atoms with van der Waals surface area (Å²) in [5.41, 5.74) is 2.05. The van der Waals surface area contributed by atoms with Crippen molar-refractivity contribution in [3.63, 3.8) is 0 Å². The number of hydrogen-bond acceptors (Lipinski definition) is 6. The van der Waals surface area contributed by atoms with Gasteiger partial charge in [0.2, 0.25) is 5.91 Å². The maximum atomic E-state index is 13.0. The number of hydrogen-bond donors (Lipinski definition) is 1. The monoisotopic (exact) mass is 460 g/mol. The number of nitrogens with one attached hydrogen (secondary N) is 1. The van der Waals surface area contributed by atoms with Crippen LogP contribution in [-0.4, -0.2) is 66.5 Å². The number of carbonyl (C=O) groups is 2. The third-order valence-corrected chi connectivity index (χ3v) is 8.51. The first-order valence-electron chi connectivity index (χ1n) is 11.5. The molecule has 32 heavy (non-hydrogen) atoms. The van der Waals surface area contributed by atoms with Crippen LogP contribution in [0.25, 0.3) is 0 Å². The number of benzene rings is 1. The number of hydrazone groups is 1. The molecule has 8 nitrogen and oxygen atoms in total. The standard InChI is InChI=1S/C23H32N4O4S/c1-26(18-8-3-2-4-9-18)15-17-7-5-6-10-20(17)24-23(29)21-11-12-22(28)27(25-21)19-13-14-32(30,31)16-19/h5-7,10,18-19H,2-4,8-9,11-16H2,1H3,(H,24,29). The van der Waals surface area contributed by atoms with E-state index in [0.717, 1.165) is 17.8 Å². The average molecular weight is 461 g/mol. The SMILES string of the molecule is CN(Cc1ccccc1NC(=O)C1=NN(C2CCS(=O)(=O)C2)C(=O)CC1)C1CCCCC1. The first-order valence-corrected chi connectivity index (χ1v) is 13.3. The molecular weight excluding hydrogens is 428 g/mol. The minimum absolute atomic E-state index is 0.0559. The largest absolute Gasteiger partial charge is 0.321 e.